The largest absolute Gasteiger partial charge is 0.376 e. The van der Waals surface area contributed by atoms with Crippen LogP contribution >= 0.6 is 0 Å². The van der Waals surface area contributed by atoms with Gasteiger partial charge in [0, 0.05) is 6.61 Å². The first-order chi connectivity index (χ1) is 7.68. The molecule has 0 aromatic rings. The van der Waals surface area contributed by atoms with Crippen LogP contribution in [0.4, 0.5) is 0 Å². The van der Waals surface area contributed by atoms with E-state index in [0.29, 0.717) is 18.1 Å². The number of rotatable bonds is 2. The van der Waals surface area contributed by atoms with Gasteiger partial charge in [-0.15, -0.1) is 0 Å². The molecule has 4 nitrogen and oxygen atoms in total. The summed E-state index contributed by atoms with van der Waals surface area (Å²) in [4.78, 5) is 14.1. The molecule has 4 atom stereocenters. The highest BCUT2D eigenvalue weighted by Crippen LogP contribution is 2.41. The van der Waals surface area contributed by atoms with Crippen LogP contribution in [0, 0.1) is 5.92 Å². The molecule has 90 valence electrons. The van der Waals surface area contributed by atoms with Gasteiger partial charge in [0.15, 0.2) is 0 Å². The first kappa shape index (κ1) is 10.5. The average molecular weight is 224 g/mol. The highest BCUT2D eigenvalue weighted by Gasteiger charge is 2.48. The maximum absolute atomic E-state index is 12.1. The van der Waals surface area contributed by atoms with Gasteiger partial charge in [0.2, 0.25) is 5.91 Å². The van der Waals surface area contributed by atoms with Crippen molar-refractivity contribution in [3.8, 4) is 0 Å². The average Bonchev–Trinajstić information content (AvgIpc) is 2.92. The fraction of sp³-hybridized carbons (Fsp3) is 0.917. The van der Waals surface area contributed by atoms with Crippen molar-refractivity contribution >= 4 is 5.91 Å². The highest BCUT2D eigenvalue weighted by atomic mass is 16.5. The number of carbonyl (C=O) groups is 1. The van der Waals surface area contributed by atoms with Gasteiger partial charge in [0.05, 0.1) is 24.4 Å². The van der Waals surface area contributed by atoms with Crippen LogP contribution in [0.5, 0.6) is 0 Å². The summed E-state index contributed by atoms with van der Waals surface area (Å²) in [5, 5.41) is 3.29. The second-order valence-electron chi connectivity index (χ2n) is 5.34. The summed E-state index contributed by atoms with van der Waals surface area (Å²) in [5.41, 5.74) is 0. The van der Waals surface area contributed by atoms with Gasteiger partial charge in [-0.1, -0.05) is 0 Å². The van der Waals surface area contributed by atoms with Gasteiger partial charge >= 0.3 is 0 Å². The predicted octanol–water partition coefficient (Wildman–Crippen LogP) is 0.720. The van der Waals surface area contributed by atoms with Gasteiger partial charge in [-0.2, -0.15) is 0 Å². The molecule has 3 rings (SSSR count). The minimum Gasteiger partial charge on any atom is -0.376 e. The van der Waals surface area contributed by atoms with Crippen LogP contribution in [0.25, 0.3) is 0 Å². The Morgan fingerprint density at radius 1 is 1.31 bits per heavy atom. The SMILES string of the molecule is CC1NC(C)N(C2CCOC2C2CC2)C1=O. The Bertz CT molecular complexity index is 303. The van der Waals surface area contributed by atoms with Crippen molar-refractivity contribution in [2.45, 2.75) is 57.5 Å². The third-order valence-electron chi connectivity index (χ3n) is 4.08. The molecule has 3 aliphatic rings. The zero-order chi connectivity index (χ0) is 11.3. The van der Waals surface area contributed by atoms with Crippen LogP contribution in [0.15, 0.2) is 0 Å². The molecule has 1 amide bonds. The van der Waals surface area contributed by atoms with Crippen molar-refractivity contribution in [2.75, 3.05) is 6.61 Å². The molecule has 1 saturated carbocycles. The van der Waals surface area contributed by atoms with E-state index >= 15 is 0 Å². The Balaban J connectivity index is 1.78. The van der Waals surface area contributed by atoms with Gasteiger partial charge < -0.3 is 9.64 Å². The van der Waals surface area contributed by atoms with Gasteiger partial charge in [-0.3, -0.25) is 10.1 Å². The molecule has 1 aliphatic carbocycles. The molecule has 4 unspecified atom stereocenters. The predicted molar refractivity (Wildman–Crippen MR) is 59.8 cm³/mol. The lowest BCUT2D eigenvalue weighted by Crippen LogP contribution is -2.47. The van der Waals surface area contributed by atoms with Gasteiger partial charge in [-0.05, 0) is 39.0 Å². The molecule has 1 N–H and O–H groups in total. The molecule has 0 bridgehead atoms. The van der Waals surface area contributed by atoms with Crippen LogP contribution in [-0.2, 0) is 9.53 Å². The lowest BCUT2D eigenvalue weighted by molar-refractivity contribution is -0.133. The van der Waals surface area contributed by atoms with Crippen LogP contribution in [-0.4, -0.2) is 41.8 Å². The quantitative estimate of drug-likeness (QED) is 0.751. The summed E-state index contributed by atoms with van der Waals surface area (Å²) in [5.74, 6) is 0.956. The van der Waals surface area contributed by atoms with E-state index in [4.69, 9.17) is 4.74 Å². The Kier molecular flexibility index (Phi) is 2.44. The van der Waals surface area contributed by atoms with Crippen molar-refractivity contribution in [3.63, 3.8) is 0 Å². The summed E-state index contributed by atoms with van der Waals surface area (Å²) < 4.78 is 5.81. The number of hydrogen-bond acceptors (Lipinski definition) is 3. The lowest BCUT2D eigenvalue weighted by atomic mass is 10.0. The van der Waals surface area contributed by atoms with Gasteiger partial charge in [-0.25, -0.2) is 0 Å². The number of carbonyl (C=O) groups excluding carboxylic acids is 1. The van der Waals surface area contributed by atoms with Crippen molar-refractivity contribution in [1.29, 1.82) is 0 Å². The number of ether oxygens (including phenoxy) is 1. The van der Waals surface area contributed by atoms with E-state index < -0.39 is 0 Å². The maximum atomic E-state index is 12.1. The Morgan fingerprint density at radius 3 is 2.62 bits per heavy atom. The molecular formula is C12H20N2O2. The molecule has 0 spiro atoms. The molecule has 4 heteroatoms. The Labute approximate surface area is 96.3 Å². The van der Waals surface area contributed by atoms with Crippen LogP contribution in [0.1, 0.15) is 33.1 Å². The third-order valence-corrected chi connectivity index (χ3v) is 4.08. The zero-order valence-corrected chi connectivity index (χ0v) is 9.98. The van der Waals surface area contributed by atoms with Gasteiger partial charge in [0.25, 0.3) is 0 Å². The van der Waals surface area contributed by atoms with Crippen molar-refractivity contribution < 1.29 is 9.53 Å². The summed E-state index contributed by atoms with van der Waals surface area (Å²) in [6, 6.07) is 0.280. The second kappa shape index (κ2) is 3.70. The molecule has 2 saturated heterocycles. The second-order valence-corrected chi connectivity index (χ2v) is 5.34. The van der Waals surface area contributed by atoms with Crippen molar-refractivity contribution in [1.82, 2.24) is 10.2 Å². The molecule has 2 heterocycles. The summed E-state index contributed by atoms with van der Waals surface area (Å²) in [6.45, 7) is 4.83. The smallest absolute Gasteiger partial charge is 0.241 e. The molecule has 0 radical (unpaired) electrons. The number of amides is 1. The monoisotopic (exact) mass is 224 g/mol. The maximum Gasteiger partial charge on any atom is 0.241 e. The molecule has 3 fully saturated rings. The van der Waals surface area contributed by atoms with E-state index in [1.807, 2.05) is 11.8 Å². The van der Waals surface area contributed by atoms with E-state index in [1.54, 1.807) is 0 Å². The Hall–Kier alpha value is -0.610. The lowest BCUT2D eigenvalue weighted by Gasteiger charge is -2.31. The number of hydrogen-bond donors (Lipinski definition) is 1. The first-order valence-corrected chi connectivity index (χ1v) is 6.38. The zero-order valence-electron chi connectivity index (χ0n) is 9.98. The van der Waals surface area contributed by atoms with E-state index in [-0.39, 0.29) is 18.1 Å². The fourth-order valence-corrected chi connectivity index (χ4v) is 3.15. The number of nitrogens with zero attached hydrogens (tertiary/aromatic N) is 1. The molecule has 0 aromatic carbocycles. The standard InChI is InChI=1S/C12H20N2O2/c1-7-12(15)14(8(2)13-7)10-5-6-16-11(10)9-3-4-9/h7-11,13H,3-6H2,1-2H3. The first-order valence-electron chi connectivity index (χ1n) is 6.38. The summed E-state index contributed by atoms with van der Waals surface area (Å²) in [7, 11) is 0. The molecule has 0 aromatic heterocycles. The van der Waals surface area contributed by atoms with Gasteiger partial charge in [0.1, 0.15) is 0 Å². The molecule has 16 heavy (non-hydrogen) atoms. The Morgan fingerprint density at radius 2 is 2.06 bits per heavy atom. The molecular weight excluding hydrogens is 204 g/mol. The summed E-state index contributed by atoms with van der Waals surface area (Å²) in [6.07, 6.45) is 4.03. The van der Waals surface area contributed by atoms with Crippen LogP contribution in [0.2, 0.25) is 0 Å². The minimum atomic E-state index is -0.0320. The third kappa shape index (κ3) is 1.55. The van der Waals surface area contributed by atoms with Crippen LogP contribution in [0.3, 0.4) is 0 Å². The van der Waals surface area contributed by atoms with Crippen molar-refractivity contribution in [2.24, 2.45) is 5.92 Å². The normalized spacial score (nSPS) is 44.4. The minimum absolute atomic E-state index is 0.0320. The summed E-state index contributed by atoms with van der Waals surface area (Å²) >= 11 is 0. The highest BCUT2D eigenvalue weighted by molar-refractivity contribution is 5.84. The molecule has 2 aliphatic heterocycles. The van der Waals surface area contributed by atoms with E-state index in [0.717, 1.165) is 13.0 Å². The number of nitrogens with one attached hydrogen (secondary N) is 1. The van der Waals surface area contributed by atoms with E-state index in [2.05, 4.69) is 12.2 Å². The van der Waals surface area contributed by atoms with E-state index in [1.165, 1.54) is 12.8 Å². The van der Waals surface area contributed by atoms with Crippen LogP contribution < -0.4 is 5.32 Å². The topological polar surface area (TPSA) is 41.6 Å². The van der Waals surface area contributed by atoms with E-state index in [9.17, 15) is 4.79 Å². The fourth-order valence-electron chi connectivity index (χ4n) is 3.15. The van der Waals surface area contributed by atoms with Crippen molar-refractivity contribution in [3.05, 3.63) is 0 Å².